The number of nitrogens with two attached hydrogens (primary N) is 1. The van der Waals surface area contributed by atoms with Crippen molar-refractivity contribution in [3.63, 3.8) is 0 Å². The van der Waals surface area contributed by atoms with E-state index in [-0.39, 0.29) is 0 Å². The van der Waals surface area contributed by atoms with Gasteiger partial charge in [-0.1, -0.05) is 45.0 Å². The van der Waals surface area contributed by atoms with Crippen molar-refractivity contribution >= 4 is 0 Å². The molecule has 1 nitrogen and oxygen atoms in total. The highest BCUT2D eigenvalue weighted by Gasteiger charge is 2.45. The first-order chi connectivity index (χ1) is 9.96. The molecule has 2 aliphatic carbocycles. The van der Waals surface area contributed by atoms with Crippen molar-refractivity contribution in [1.82, 2.24) is 0 Å². The number of hydrogen-bond acceptors (Lipinski definition) is 1. The van der Waals surface area contributed by atoms with Gasteiger partial charge in [-0.2, -0.15) is 0 Å². The summed E-state index contributed by atoms with van der Waals surface area (Å²) in [5.41, 5.74) is 10.1. The summed E-state index contributed by atoms with van der Waals surface area (Å²) >= 11 is 0. The summed E-state index contributed by atoms with van der Waals surface area (Å²) < 4.78 is 0. The molecule has 116 valence electrons. The Kier molecular flexibility index (Phi) is 3.90. The Bertz CT molecular complexity index is 485. The molecule has 0 amide bonds. The fourth-order valence-electron chi connectivity index (χ4n) is 4.34. The molecule has 1 aromatic rings. The van der Waals surface area contributed by atoms with Gasteiger partial charge in [0.15, 0.2) is 0 Å². The maximum absolute atomic E-state index is 6.08. The summed E-state index contributed by atoms with van der Waals surface area (Å²) in [6.45, 7) is 8.03. The minimum absolute atomic E-state index is 0.331. The van der Waals surface area contributed by atoms with Crippen LogP contribution in [0.4, 0.5) is 0 Å². The zero-order valence-corrected chi connectivity index (χ0v) is 14.0. The second-order valence-electron chi connectivity index (χ2n) is 8.49. The quantitative estimate of drug-likeness (QED) is 0.831. The van der Waals surface area contributed by atoms with E-state index in [1.807, 2.05) is 0 Å². The first-order valence-corrected chi connectivity index (χ1v) is 8.76. The molecule has 1 heteroatoms. The fourth-order valence-corrected chi connectivity index (χ4v) is 4.34. The third-order valence-corrected chi connectivity index (χ3v) is 6.17. The van der Waals surface area contributed by atoms with Gasteiger partial charge < -0.3 is 5.73 Å². The summed E-state index contributed by atoms with van der Waals surface area (Å²) in [5.74, 6) is 1.66. The van der Waals surface area contributed by atoms with E-state index < -0.39 is 0 Å². The van der Waals surface area contributed by atoms with Crippen LogP contribution in [-0.2, 0) is 5.41 Å². The molecule has 0 atom stereocenters. The van der Waals surface area contributed by atoms with Crippen molar-refractivity contribution in [2.75, 3.05) is 6.54 Å². The lowest BCUT2D eigenvalue weighted by molar-refractivity contribution is 0.169. The van der Waals surface area contributed by atoms with Crippen molar-refractivity contribution in [1.29, 1.82) is 0 Å². The standard InChI is InChI=1S/C20H31N/c1-19(2,3)16-10-8-15(9-11-16)17-6-4-5-7-18(17)20(14-21)12-13-20/h4-7,15-16H,8-14,21H2,1-3H3. The molecule has 0 aromatic heterocycles. The van der Waals surface area contributed by atoms with Gasteiger partial charge in [0.1, 0.15) is 0 Å². The minimum atomic E-state index is 0.331. The smallest absolute Gasteiger partial charge is 0.00790 e. The molecule has 3 rings (SSSR count). The average molecular weight is 285 g/mol. The number of rotatable bonds is 3. The molecule has 2 fully saturated rings. The predicted octanol–water partition coefficient (Wildman–Crippen LogP) is 5.00. The van der Waals surface area contributed by atoms with Crippen LogP contribution >= 0.6 is 0 Å². The third-order valence-electron chi connectivity index (χ3n) is 6.17. The molecule has 0 radical (unpaired) electrons. The summed E-state index contributed by atoms with van der Waals surface area (Å²) in [5, 5.41) is 0. The normalized spacial score (nSPS) is 28.4. The van der Waals surface area contributed by atoms with Crippen LogP contribution in [0, 0.1) is 11.3 Å². The van der Waals surface area contributed by atoms with Gasteiger partial charge in [-0.15, -0.1) is 0 Å². The highest BCUT2D eigenvalue weighted by atomic mass is 14.7. The van der Waals surface area contributed by atoms with Gasteiger partial charge in [-0.25, -0.2) is 0 Å². The summed E-state index contributed by atoms with van der Waals surface area (Å²) in [6, 6.07) is 9.16. The molecule has 0 bridgehead atoms. The molecule has 2 aliphatic rings. The fraction of sp³-hybridized carbons (Fsp3) is 0.700. The van der Waals surface area contributed by atoms with Gasteiger partial charge in [0, 0.05) is 12.0 Å². The summed E-state index contributed by atoms with van der Waals surface area (Å²) in [7, 11) is 0. The van der Waals surface area contributed by atoms with Crippen molar-refractivity contribution in [3.05, 3.63) is 35.4 Å². The summed E-state index contributed by atoms with van der Waals surface area (Å²) in [6.07, 6.45) is 8.07. The van der Waals surface area contributed by atoms with Crippen LogP contribution in [0.25, 0.3) is 0 Å². The maximum atomic E-state index is 6.08. The van der Waals surface area contributed by atoms with Gasteiger partial charge >= 0.3 is 0 Å². The lowest BCUT2D eigenvalue weighted by Gasteiger charge is -2.38. The van der Waals surface area contributed by atoms with Crippen LogP contribution in [0.5, 0.6) is 0 Å². The SMILES string of the molecule is CC(C)(C)C1CCC(c2ccccc2C2(CN)CC2)CC1. The number of hydrogen-bond donors (Lipinski definition) is 1. The second kappa shape index (κ2) is 5.43. The molecular formula is C20H31N. The molecule has 0 saturated heterocycles. The maximum Gasteiger partial charge on any atom is 0.00790 e. The first kappa shape index (κ1) is 15.1. The Hall–Kier alpha value is -0.820. The van der Waals surface area contributed by atoms with Gasteiger partial charge in [-0.05, 0) is 66.9 Å². The Morgan fingerprint density at radius 3 is 2.19 bits per heavy atom. The van der Waals surface area contributed by atoms with Crippen LogP contribution in [0.1, 0.15) is 76.3 Å². The van der Waals surface area contributed by atoms with E-state index in [4.69, 9.17) is 5.73 Å². The van der Waals surface area contributed by atoms with E-state index in [0.717, 1.165) is 18.4 Å². The lowest BCUT2D eigenvalue weighted by Crippen LogP contribution is -2.27. The van der Waals surface area contributed by atoms with E-state index in [2.05, 4.69) is 45.0 Å². The molecule has 0 unspecified atom stereocenters. The second-order valence-corrected chi connectivity index (χ2v) is 8.49. The van der Waals surface area contributed by atoms with E-state index in [1.165, 1.54) is 38.5 Å². The molecule has 2 N–H and O–H groups in total. The Morgan fingerprint density at radius 1 is 1.05 bits per heavy atom. The van der Waals surface area contributed by atoms with E-state index >= 15 is 0 Å². The minimum Gasteiger partial charge on any atom is -0.330 e. The van der Waals surface area contributed by atoms with Crippen molar-refractivity contribution in [2.45, 2.75) is 70.6 Å². The summed E-state index contributed by atoms with van der Waals surface area (Å²) in [4.78, 5) is 0. The Morgan fingerprint density at radius 2 is 1.67 bits per heavy atom. The Balaban J connectivity index is 1.77. The molecule has 21 heavy (non-hydrogen) atoms. The van der Waals surface area contributed by atoms with Crippen LogP contribution in [-0.4, -0.2) is 6.54 Å². The largest absolute Gasteiger partial charge is 0.330 e. The monoisotopic (exact) mass is 285 g/mol. The molecule has 0 spiro atoms. The highest BCUT2D eigenvalue weighted by molar-refractivity contribution is 5.41. The molecular weight excluding hydrogens is 254 g/mol. The van der Waals surface area contributed by atoms with Crippen LogP contribution in [0.2, 0.25) is 0 Å². The Labute approximate surface area is 130 Å². The number of benzene rings is 1. The van der Waals surface area contributed by atoms with Crippen LogP contribution < -0.4 is 5.73 Å². The van der Waals surface area contributed by atoms with Crippen LogP contribution in [0.15, 0.2) is 24.3 Å². The van der Waals surface area contributed by atoms with E-state index in [1.54, 1.807) is 11.1 Å². The lowest BCUT2D eigenvalue weighted by atomic mass is 9.68. The van der Waals surface area contributed by atoms with Crippen molar-refractivity contribution in [3.8, 4) is 0 Å². The first-order valence-electron chi connectivity index (χ1n) is 8.76. The van der Waals surface area contributed by atoms with E-state index in [0.29, 0.717) is 10.8 Å². The average Bonchev–Trinajstić information content (AvgIpc) is 3.28. The van der Waals surface area contributed by atoms with E-state index in [9.17, 15) is 0 Å². The predicted molar refractivity (Wildman–Crippen MR) is 90.6 cm³/mol. The van der Waals surface area contributed by atoms with Gasteiger partial charge in [-0.3, -0.25) is 0 Å². The zero-order valence-electron chi connectivity index (χ0n) is 14.0. The topological polar surface area (TPSA) is 26.0 Å². The van der Waals surface area contributed by atoms with Gasteiger partial charge in [0.25, 0.3) is 0 Å². The molecule has 2 saturated carbocycles. The van der Waals surface area contributed by atoms with Gasteiger partial charge in [0.2, 0.25) is 0 Å². The molecule has 0 heterocycles. The van der Waals surface area contributed by atoms with Crippen molar-refractivity contribution < 1.29 is 0 Å². The third kappa shape index (κ3) is 2.90. The van der Waals surface area contributed by atoms with Crippen LogP contribution in [0.3, 0.4) is 0 Å². The highest BCUT2D eigenvalue weighted by Crippen LogP contribution is 2.51. The zero-order chi connectivity index (χ0) is 15.1. The van der Waals surface area contributed by atoms with Gasteiger partial charge in [0.05, 0.1) is 0 Å². The van der Waals surface area contributed by atoms with Crippen molar-refractivity contribution in [2.24, 2.45) is 17.1 Å². The molecule has 0 aliphatic heterocycles. The molecule has 1 aromatic carbocycles.